The predicted molar refractivity (Wildman–Crippen MR) is 112 cm³/mol. The largest absolute Gasteiger partial charge is 0.0860 e. The Labute approximate surface area is 161 Å². The lowest BCUT2D eigenvalue weighted by atomic mass is 9.99. The van der Waals surface area contributed by atoms with E-state index in [4.69, 9.17) is 0 Å². The topological polar surface area (TPSA) is 0 Å². The van der Waals surface area contributed by atoms with Gasteiger partial charge in [-0.05, 0) is 12.1 Å². The molecule has 0 fully saturated rings. The molecule has 1 aromatic rings. The fourth-order valence-corrected chi connectivity index (χ4v) is 2.96. The lowest BCUT2D eigenvalue weighted by Crippen LogP contribution is -1.93. The van der Waals surface area contributed by atoms with E-state index in [0.717, 1.165) is 16.7 Å². The molecule has 0 heterocycles. The Morgan fingerprint density at radius 1 is 0.481 bits per heavy atom. The zero-order valence-corrected chi connectivity index (χ0v) is 14.9. The maximum absolute atomic E-state index is 3.35. The summed E-state index contributed by atoms with van der Waals surface area (Å²) in [5, 5.41) is 0. The van der Waals surface area contributed by atoms with E-state index in [9.17, 15) is 0 Å². The molecule has 0 atom stereocenters. The Morgan fingerprint density at radius 3 is 1.26 bits per heavy atom. The molecular weight excluding hydrogens is 324 g/mol. The Hall–Kier alpha value is -3.66. The van der Waals surface area contributed by atoms with E-state index in [-0.39, 0.29) is 17.8 Å². The van der Waals surface area contributed by atoms with Gasteiger partial charge in [-0.2, -0.15) is 0 Å². The number of rotatable bonds is 0. The van der Waals surface area contributed by atoms with Gasteiger partial charge in [-0.15, -0.1) is 0 Å². The first-order chi connectivity index (χ1) is 13.4. The van der Waals surface area contributed by atoms with Crippen molar-refractivity contribution in [2.45, 2.75) is 0 Å². The first-order valence-corrected chi connectivity index (χ1v) is 9.11. The van der Waals surface area contributed by atoms with Crippen LogP contribution < -0.4 is 0 Å². The van der Waals surface area contributed by atoms with Crippen LogP contribution in [0, 0.1) is 53.3 Å². The fourth-order valence-electron chi connectivity index (χ4n) is 2.96. The van der Waals surface area contributed by atoms with E-state index in [1.54, 1.807) is 0 Å². The Balaban J connectivity index is 1.71. The molecule has 0 N–H and O–H groups in total. The van der Waals surface area contributed by atoms with Gasteiger partial charge in [-0.3, -0.25) is 0 Å². The van der Waals surface area contributed by atoms with Crippen LogP contribution in [0.3, 0.4) is 0 Å². The van der Waals surface area contributed by atoms with Crippen molar-refractivity contribution in [1.82, 2.24) is 0 Å². The first-order valence-electron chi connectivity index (χ1n) is 9.11. The average Bonchev–Trinajstić information content (AvgIpc) is 3.47. The molecule has 4 rings (SSSR count). The standard InChI is InChI=1S/C27H18/c1-2-9-22(8-1)16-19-25-14-7-15-26(20-17-23-10-3-4-11-23)27(25)21-18-24-12-5-6-13-24/h1-15,22-24H. The average molecular weight is 342 g/mol. The third kappa shape index (κ3) is 4.30. The molecule has 0 amide bonds. The summed E-state index contributed by atoms with van der Waals surface area (Å²) in [6.45, 7) is 0. The van der Waals surface area contributed by atoms with Crippen molar-refractivity contribution < 1.29 is 0 Å². The summed E-state index contributed by atoms with van der Waals surface area (Å²) < 4.78 is 0. The third-order valence-corrected chi connectivity index (χ3v) is 4.42. The van der Waals surface area contributed by atoms with Crippen molar-refractivity contribution >= 4 is 0 Å². The number of allylic oxidation sites excluding steroid dienone is 12. The molecule has 3 aliphatic carbocycles. The molecule has 126 valence electrons. The molecule has 0 bridgehead atoms. The van der Waals surface area contributed by atoms with Crippen LogP contribution in [0.25, 0.3) is 0 Å². The van der Waals surface area contributed by atoms with Crippen LogP contribution in [0.5, 0.6) is 0 Å². The van der Waals surface area contributed by atoms with E-state index >= 15 is 0 Å². The van der Waals surface area contributed by atoms with Gasteiger partial charge < -0.3 is 0 Å². The molecule has 0 nitrogen and oxygen atoms in total. The lowest BCUT2D eigenvalue weighted by Gasteiger charge is -2.02. The van der Waals surface area contributed by atoms with Crippen LogP contribution >= 0.6 is 0 Å². The molecule has 0 heteroatoms. The van der Waals surface area contributed by atoms with Crippen LogP contribution in [0.4, 0.5) is 0 Å². The van der Waals surface area contributed by atoms with Crippen molar-refractivity contribution in [3.05, 3.63) is 108 Å². The molecule has 0 saturated heterocycles. The molecule has 0 aliphatic heterocycles. The number of hydrogen-bond donors (Lipinski definition) is 0. The summed E-state index contributed by atoms with van der Waals surface area (Å²) >= 11 is 0. The van der Waals surface area contributed by atoms with Gasteiger partial charge >= 0.3 is 0 Å². The van der Waals surface area contributed by atoms with Gasteiger partial charge in [0.2, 0.25) is 0 Å². The van der Waals surface area contributed by atoms with Crippen LogP contribution in [0.1, 0.15) is 16.7 Å². The lowest BCUT2D eigenvalue weighted by molar-refractivity contribution is 1.14. The van der Waals surface area contributed by atoms with E-state index < -0.39 is 0 Å². The van der Waals surface area contributed by atoms with E-state index in [1.165, 1.54) is 0 Å². The van der Waals surface area contributed by atoms with Crippen molar-refractivity contribution in [2.24, 2.45) is 17.8 Å². The molecular formula is C27H18. The second-order valence-corrected chi connectivity index (χ2v) is 6.42. The molecule has 0 saturated carbocycles. The van der Waals surface area contributed by atoms with E-state index in [0.29, 0.717) is 0 Å². The summed E-state index contributed by atoms with van der Waals surface area (Å²) in [5.41, 5.74) is 2.79. The minimum absolute atomic E-state index is 0.160. The fraction of sp³-hybridized carbons (Fsp3) is 0.111. The van der Waals surface area contributed by atoms with E-state index in [1.807, 2.05) is 54.7 Å². The van der Waals surface area contributed by atoms with Crippen LogP contribution in [0.15, 0.2) is 91.1 Å². The highest BCUT2D eigenvalue weighted by molar-refractivity contribution is 5.60. The third-order valence-electron chi connectivity index (χ3n) is 4.42. The predicted octanol–water partition coefficient (Wildman–Crippen LogP) is 4.97. The van der Waals surface area contributed by atoms with Gasteiger partial charge in [0, 0.05) is 11.1 Å². The van der Waals surface area contributed by atoms with Crippen LogP contribution in [-0.4, -0.2) is 0 Å². The Kier molecular flexibility index (Phi) is 5.07. The highest BCUT2D eigenvalue weighted by atomic mass is 14.1. The first kappa shape index (κ1) is 16.8. The smallest absolute Gasteiger partial charge is 0.0573 e. The van der Waals surface area contributed by atoms with Crippen molar-refractivity contribution in [2.75, 3.05) is 0 Å². The molecule has 3 aliphatic rings. The van der Waals surface area contributed by atoms with E-state index in [2.05, 4.69) is 72.0 Å². The van der Waals surface area contributed by atoms with Crippen LogP contribution in [-0.2, 0) is 0 Å². The summed E-state index contributed by atoms with van der Waals surface area (Å²) in [6.07, 6.45) is 24.7. The normalized spacial score (nSPS) is 16.9. The quantitative estimate of drug-likeness (QED) is 0.584. The SMILES string of the molecule is C(#CC1C=CC=C1)c1cccc(C#CC2C=CC=C2)c1C#CC1C=CC=C1. The molecule has 27 heavy (non-hydrogen) atoms. The molecule has 0 radical (unpaired) electrons. The number of benzene rings is 1. The Morgan fingerprint density at radius 2 is 0.852 bits per heavy atom. The summed E-state index contributed by atoms with van der Waals surface area (Å²) in [4.78, 5) is 0. The molecule has 0 aromatic heterocycles. The van der Waals surface area contributed by atoms with Gasteiger partial charge in [0.15, 0.2) is 0 Å². The number of hydrogen-bond acceptors (Lipinski definition) is 0. The summed E-state index contributed by atoms with van der Waals surface area (Å²) in [7, 11) is 0. The maximum atomic E-state index is 3.35. The minimum atomic E-state index is 0.160. The highest BCUT2D eigenvalue weighted by Crippen LogP contribution is 2.16. The zero-order valence-electron chi connectivity index (χ0n) is 14.9. The second-order valence-electron chi connectivity index (χ2n) is 6.42. The highest BCUT2D eigenvalue weighted by Gasteiger charge is 2.06. The Bertz CT molecular complexity index is 996. The van der Waals surface area contributed by atoms with Gasteiger partial charge in [0.05, 0.1) is 23.3 Å². The van der Waals surface area contributed by atoms with Crippen LogP contribution in [0.2, 0.25) is 0 Å². The molecule has 0 spiro atoms. The van der Waals surface area contributed by atoms with Gasteiger partial charge in [-0.1, -0.05) is 115 Å². The minimum Gasteiger partial charge on any atom is -0.0860 e. The monoisotopic (exact) mass is 342 g/mol. The molecule has 1 aromatic carbocycles. The van der Waals surface area contributed by atoms with Crippen molar-refractivity contribution in [1.29, 1.82) is 0 Å². The summed E-state index contributed by atoms with van der Waals surface area (Å²) in [6, 6.07) is 6.07. The van der Waals surface area contributed by atoms with Crippen molar-refractivity contribution in [3.63, 3.8) is 0 Å². The summed E-state index contributed by atoms with van der Waals surface area (Å²) in [5.74, 6) is 20.4. The maximum Gasteiger partial charge on any atom is 0.0573 e. The van der Waals surface area contributed by atoms with Crippen molar-refractivity contribution in [3.8, 4) is 35.5 Å². The second kappa shape index (κ2) is 8.15. The van der Waals surface area contributed by atoms with Gasteiger partial charge in [0.1, 0.15) is 0 Å². The zero-order chi connectivity index (χ0) is 18.3. The van der Waals surface area contributed by atoms with Gasteiger partial charge in [0.25, 0.3) is 0 Å². The molecule has 0 unspecified atom stereocenters. The van der Waals surface area contributed by atoms with Gasteiger partial charge in [-0.25, -0.2) is 0 Å².